The number of cyclic esters (lactones) is 1. The van der Waals surface area contributed by atoms with Crippen LogP contribution in [0.4, 0.5) is 18.8 Å². The SMILES string of the molecule is CC[C@H]1OC(=O)[C@@](C)(F)C(=O)[C@H](C)[C@@H](O[C@@H]2OC(C)CC(N(C)C)C2O)[C@](C)(OC)C[C@@H](C)C(=O)[C@H](C)[C@H]2N(C/C=C/Cn3cc(-c4cccc(N)c4)nn3)C(=O)O[C@]12C.CSF. The Morgan fingerprint density at radius 2 is 1.73 bits per heavy atom. The molecule has 4 heterocycles. The molecule has 13 atom stereocenters. The summed E-state index contributed by atoms with van der Waals surface area (Å²) in [5.41, 5.74) is 1.66. The molecule has 2 aromatic rings. The Hall–Kier alpha value is -4.01. The molecule has 3 aliphatic heterocycles. The third-order valence-electron chi connectivity index (χ3n) is 12.7. The smallest absolute Gasteiger partial charge is 0.411 e. The van der Waals surface area contributed by atoms with Gasteiger partial charge in [-0.1, -0.05) is 57.2 Å². The highest BCUT2D eigenvalue weighted by Gasteiger charge is 2.61. The topological polar surface area (TPSA) is 198 Å². The second kappa shape index (κ2) is 21.3. The van der Waals surface area contributed by atoms with E-state index in [2.05, 4.69) is 10.3 Å². The number of carbonyl (C=O) groups excluding carboxylic acids is 4. The Bertz CT molecular complexity index is 1940. The summed E-state index contributed by atoms with van der Waals surface area (Å²) in [4.78, 5) is 59.9. The Morgan fingerprint density at radius 3 is 2.33 bits per heavy atom. The molecule has 5 rings (SSSR count). The van der Waals surface area contributed by atoms with Crippen LogP contribution in [0.5, 0.6) is 0 Å². The second-order valence-corrected chi connectivity index (χ2v) is 17.9. The van der Waals surface area contributed by atoms with Crippen LogP contribution in [-0.2, 0) is 44.6 Å². The first-order valence-electron chi connectivity index (χ1n) is 21.2. The lowest BCUT2D eigenvalue weighted by atomic mass is 9.73. The molecule has 3 saturated heterocycles. The minimum Gasteiger partial charge on any atom is -0.455 e. The quantitative estimate of drug-likeness (QED) is 0.129. The zero-order valence-corrected chi connectivity index (χ0v) is 39.3. The maximum atomic E-state index is 16.9. The fourth-order valence-electron chi connectivity index (χ4n) is 9.26. The highest BCUT2D eigenvalue weighted by Crippen LogP contribution is 2.43. The van der Waals surface area contributed by atoms with Crippen LogP contribution >= 0.6 is 12.1 Å². The fraction of sp³-hybridized carbons (Fsp3) is 0.682. The number of methoxy groups -OCH3 is 1. The number of hydrogen-bond donors (Lipinski definition) is 2. The van der Waals surface area contributed by atoms with Crippen molar-refractivity contribution in [1.29, 1.82) is 0 Å². The number of amides is 1. The highest BCUT2D eigenvalue weighted by molar-refractivity contribution is 7.93. The van der Waals surface area contributed by atoms with Crippen LogP contribution in [0.2, 0.25) is 0 Å². The van der Waals surface area contributed by atoms with E-state index in [9.17, 15) is 28.2 Å². The minimum absolute atomic E-state index is 0.00481. The maximum Gasteiger partial charge on any atom is 0.411 e. The van der Waals surface area contributed by atoms with Crippen LogP contribution in [0.15, 0.2) is 42.6 Å². The number of hydrogen-bond acceptors (Lipinski definition) is 15. The van der Waals surface area contributed by atoms with E-state index in [0.717, 1.165) is 12.5 Å². The summed E-state index contributed by atoms with van der Waals surface area (Å²) in [7, 11) is 5.02. The monoisotopic (exact) mass is 908 g/mol. The molecule has 0 spiro atoms. The zero-order chi connectivity index (χ0) is 47.2. The van der Waals surface area contributed by atoms with E-state index in [0.29, 0.717) is 24.3 Å². The van der Waals surface area contributed by atoms with Gasteiger partial charge in [-0.2, -0.15) is 3.89 Å². The number of nitrogens with two attached hydrogens (primary N) is 1. The number of likely N-dealkylation sites (N-methyl/N-ethyl adjacent to an activating group) is 1. The average molecular weight is 909 g/mol. The average Bonchev–Trinajstić information content (AvgIpc) is 3.81. The Kier molecular flexibility index (Phi) is 17.5. The van der Waals surface area contributed by atoms with Crippen molar-refractivity contribution in [3.05, 3.63) is 42.6 Å². The van der Waals surface area contributed by atoms with E-state index in [1.54, 1.807) is 69.8 Å². The number of benzene rings is 1. The molecule has 0 radical (unpaired) electrons. The summed E-state index contributed by atoms with van der Waals surface area (Å²) in [5, 5.41) is 19.8. The van der Waals surface area contributed by atoms with Crippen molar-refractivity contribution in [3.63, 3.8) is 0 Å². The van der Waals surface area contributed by atoms with Gasteiger partial charge in [0, 0.05) is 67.1 Å². The molecule has 1 aromatic heterocycles. The number of aliphatic hydroxyl groups is 1. The summed E-state index contributed by atoms with van der Waals surface area (Å²) < 4.78 is 59.2. The molecule has 0 aliphatic carbocycles. The lowest BCUT2D eigenvalue weighted by Gasteiger charge is -2.47. The fourth-order valence-corrected chi connectivity index (χ4v) is 9.26. The zero-order valence-electron chi connectivity index (χ0n) is 38.4. The van der Waals surface area contributed by atoms with Gasteiger partial charge in [0.25, 0.3) is 5.67 Å². The van der Waals surface area contributed by atoms with Crippen molar-refractivity contribution >= 4 is 41.5 Å². The number of carbonyl (C=O) groups is 4. The van der Waals surface area contributed by atoms with E-state index < -0.39 is 83.1 Å². The van der Waals surface area contributed by atoms with Gasteiger partial charge in [0.2, 0.25) is 0 Å². The number of rotatable bonds is 10. The molecule has 3 unspecified atom stereocenters. The molecule has 1 amide bonds. The Balaban J connectivity index is 0.00000282. The van der Waals surface area contributed by atoms with Crippen LogP contribution in [0.25, 0.3) is 11.3 Å². The maximum absolute atomic E-state index is 16.9. The second-order valence-electron chi connectivity index (χ2n) is 17.6. The van der Waals surface area contributed by atoms with E-state index in [-0.39, 0.29) is 49.5 Å². The van der Waals surface area contributed by atoms with Crippen LogP contribution in [0.3, 0.4) is 0 Å². The van der Waals surface area contributed by atoms with Gasteiger partial charge in [-0.25, -0.2) is 18.7 Å². The number of alkyl halides is 1. The number of anilines is 1. The lowest BCUT2D eigenvalue weighted by molar-refractivity contribution is -0.295. The van der Waals surface area contributed by atoms with Crippen molar-refractivity contribution in [2.75, 3.05) is 39.7 Å². The molecule has 352 valence electrons. The standard InChI is InChI=1S/C43H63FN6O10.CH3FS/c1-12-32-43(8)35(50(40(55)60-43)19-14-13-18-49-23-30(46-47-49)28-16-15-17-29(45)21-28)26(4)33(51)24(2)22-41(6,56-11)37(27(5)36(53)42(7,44)39(54)58-32)59-38-34(52)31(48(9)10)20-25(3)57-38;1-3-2/h13-17,21,23-27,31-32,34-35,37-38,52H,12,18-20,22,45H2,1-11H3;1H3/b14-13+;/t24-,25?,26+,27+,31?,32-,34?,35-,37-,38+,41-,42+,43-;/m1./s1. The summed E-state index contributed by atoms with van der Waals surface area (Å²) in [6.07, 6.45) is 1.07. The number of aliphatic hydroxyl groups excluding tert-OH is 1. The molecule has 3 N–H and O–H groups in total. The number of nitrogen functional groups attached to an aromatic ring is 1. The van der Waals surface area contributed by atoms with Crippen molar-refractivity contribution in [2.45, 2.75) is 141 Å². The molecule has 3 fully saturated rings. The predicted octanol–water partition coefficient (Wildman–Crippen LogP) is 5.61. The van der Waals surface area contributed by atoms with Gasteiger partial charge in [0.15, 0.2) is 17.7 Å². The highest BCUT2D eigenvalue weighted by atomic mass is 32.2. The number of ether oxygens (including phenoxy) is 5. The molecule has 0 saturated carbocycles. The Morgan fingerprint density at radius 1 is 1.08 bits per heavy atom. The van der Waals surface area contributed by atoms with E-state index in [1.807, 2.05) is 38.1 Å². The molecule has 16 nitrogen and oxygen atoms in total. The molecule has 1 aromatic carbocycles. The third-order valence-corrected chi connectivity index (χ3v) is 12.7. The third kappa shape index (κ3) is 11.3. The van der Waals surface area contributed by atoms with E-state index in [4.69, 9.17) is 29.4 Å². The van der Waals surface area contributed by atoms with Gasteiger partial charge in [0.1, 0.15) is 23.7 Å². The van der Waals surface area contributed by atoms with E-state index in [1.165, 1.54) is 25.2 Å². The van der Waals surface area contributed by atoms with Gasteiger partial charge in [0.05, 0.1) is 36.6 Å². The largest absolute Gasteiger partial charge is 0.455 e. The number of aromatic nitrogens is 3. The molecule has 0 bridgehead atoms. The first-order chi connectivity index (χ1) is 29.5. The molecule has 63 heavy (non-hydrogen) atoms. The number of halogens is 2. The van der Waals surface area contributed by atoms with Gasteiger partial charge in [-0.15, -0.1) is 5.10 Å². The van der Waals surface area contributed by atoms with Gasteiger partial charge >= 0.3 is 12.1 Å². The van der Waals surface area contributed by atoms with Gasteiger partial charge in [-0.05, 0) is 73.2 Å². The van der Waals surface area contributed by atoms with Crippen LogP contribution in [-0.4, -0.2) is 147 Å². The summed E-state index contributed by atoms with van der Waals surface area (Å²) in [6, 6.07) is 5.91. The van der Waals surface area contributed by atoms with Crippen molar-refractivity contribution in [2.24, 2.45) is 17.8 Å². The number of nitrogens with zero attached hydrogens (tertiary/aromatic N) is 5. The van der Waals surface area contributed by atoms with Gasteiger partial charge < -0.3 is 39.4 Å². The summed E-state index contributed by atoms with van der Waals surface area (Å²) >= 11 is 0.250. The molecular formula is C44H66F2N6O10S. The number of allylic oxidation sites excluding steroid dienone is 1. The molecule has 3 aliphatic rings. The van der Waals surface area contributed by atoms with Crippen LogP contribution in [0.1, 0.15) is 74.7 Å². The minimum atomic E-state index is -3.20. The predicted molar refractivity (Wildman–Crippen MR) is 234 cm³/mol. The summed E-state index contributed by atoms with van der Waals surface area (Å²) in [5.74, 6) is -5.96. The number of ketones is 2. The number of fused-ring (bicyclic) bond motifs is 1. The first-order valence-corrected chi connectivity index (χ1v) is 22.4. The summed E-state index contributed by atoms with van der Waals surface area (Å²) in [6.45, 7) is 12.7. The van der Waals surface area contributed by atoms with Gasteiger partial charge in [-0.3, -0.25) is 14.5 Å². The lowest BCUT2D eigenvalue weighted by Crippen LogP contribution is -2.61. The van der Waals surface area contributed by atoms with Crippen molar-refractivity contribution < 1.29 is 56.2 Å². The first kappa shape index (κ1) is 51.6. The Labute approximate surface area is 373 Å². The molecular weight excluding hydrogens is 843 g/mol. The normalized spacial score (nSPS) is 35.8. The number of Topliss-reactive ketones (excluding diaryl/α,β-unsaturated/α-hetero) is 2. The van der Waals surface area contributed by atoms with Crippen LogP contribution < -0.4 is 5.73 Å². The van der Waals surface area contributed by atoms with Crippen molar-refractivity contribution in [1.82, 2.24) is 24.8 Å². The van der Waals surface area contributed by atoms with Crippen LogP contribution in [0, 0.1) is 17.8 Å². The molecule has 19 heteroatoms. The van der Waals surface area contributed by atoms with Crippen molar-refractivity contribution in [3.8, 4) is 11.3 Å². The van der Waals surface area contributed by atoms with E-state index >= 15 is 4.39 Å². The number of esters is 1.